The first kappa shape index (κ1) is 18.1. The van der Waals surface area contributed by atoms with Gasteiger partial charge in [-0.2, -0.15) is 0 Å². The molecule has 0 saturated carbocycles. The van der Waals surface area contributed by atoms with Crippen molar-refractivity contribution in [2.24, 2.45) is 0 Å². The van der Waals surface area contributed by atoms with Gasteiger partial charge in [-0.3, -0.25) is 4.72 Å². The monoisotopic (exact) mass is 391 g/mol. The SMILES string of the molecule is Cc1ccc(S(=O)(=O)Nc2cc(-c3ccc(F)cc3)sc2C(=O)O)cc1. The quantitative estimate of drug-likeness (QED) is 0.677. The van der Waals surface area contributed by atoms with E-state index in [0.717, 1.165) is 16.9 Å². The van der Waals surface area contributed by atoms with Crippen LogP contribution in [-0.2, 0) is 10.0 Å². The summed E-state index contributed by atoms with van der Waals surface area (Å²) in [5, 5.41) is 9.39. The van der Waals surface area contributed by atoms with Crippen molar-refractivity contribution in [2.45, 2.75) is 11.8 Å². The number of benzene rings is 2. The van der Waals surface area contributed by atoms with Crippen LogP contribution >= 0.6 is 11.3 Å². The normalized spacial score (nSPS) is 11.3. The van der Waals surface area contributed by atoms with Crippen molar-refractivity contribution in [3.05, 3.63) is 70.9 Å². The summed E-state index contributed by atoms with van der Waals surface area (Å²) in [5.41, 5.74) is 1.48. The molecule has 0 atom stereocenters. The number of carboxylic acid groups (broad SMARTS) is 1. The van der Waals surface area contributed by atoms with E-state index in [-0.39, 0.29) is 15.5 Å². The molecule has 0 radical (unpaired) electrons. The van der Waals surface area contributed by atoms with E-state index in [1.165, 1.54) is 42.5 Å². The van der Waals surface area contributed by atoms with Gasteiger partial charge in [0, 0.05) is 4.88 Å². The molecule has 0 bridgehead atoms. The Hall–Kier alpha value is -2.71. The van der Waals surface area contributed by atoms with Crippen LogP contribution in [0.25, 0.3) is 10.4 Å². The highest BCUT2D eigenvalue weighted by molar-refractivity contribution is 7.92. The number of anilines is 1. The van der Waals surface area contributed by atoms with Gasteiger partial charge in [0.1, 0.15) is 10.7 Å². The maximum atomic E-state index is 13.1. The summed E-state index contributed by atoms with van der Waals surface area (Å²) >= 11 is 0.916. The van der Waals surface area contributed by atoms with Crippen molar-refractivity contribution < 1.29 is 22.7 Å². The lowest BCUT2D eigenvalue weighted by Crippen LogP contribution is -2.14. The Morgan fingerprint density at radius 2 is 1.69 bits per heavy atom. The first-order valence-electron chi connectivity index (χ1n) is 7.49. The highest BCUT2D eigenvalue weighted by atomic mass is 32.2. The maximum absolute atomic E-state index is 13.1. The molecule has 3 aromatic rings. The number of thiophene rings is 1. The highest BCUT2D eigenvalue weighted by Crippen LogP contribution is 2.36. The zero-order chi connectivity index (χ0) is 18.9. The molecule has 26 heavy (non-hydrogen) atoms. The highest BCUT2D eigenvalue weighted by Gasteiger charge is 2.22. The molecule has 0 unspecified atom stereocenters. The van der Waals surface area contributed by atoms with Crippen molar-refractivity contribution >= 4 is 33.0 Å². The minimum Gasteiger partial charge on any atom is -0.477 e. The van der Waals surface area contributed by atoms with Crippen LogP contribution < -0.4 is 4.72 Å². The van der Waals surface area contributed by atoms with Crippen LogP contribution in [0.15, 0.2) is 59.5 Å². The molecule has 5 nitrogen and oxygen atoms in total. The molecule has 0 aliphatic rings. The van der Waals surface area contributed by atoms with Crippen molar-refractivity contribution in [2.75, 3.05) is 4.72 Å². The summed E-state index contributed by atoms with van der Waals surface area (Å²) in [6.45, 7) is 1.83. The van der Waals surface area contributed by atoms with Gasteiger partial charge < -0.3 is 5.11 Å². The van der Waals surface area contributed by atoms with E-state index in [1.54, 1.807) is 12.1 Å². The Morgan fingerprint density at radius 3 is 2.27 bits per heavy atom. The van der Waals surface area contributed by atoms with E-state index < -0.39 is 21.8 Å². The number of nitrogens with one attached hydrogen (secondary N) is 1. The third kappa shape index (κ3) is 3.76. The number of carboxylic acids is 1. The molecule has 0 spiro atoms. The Bertz CT molecular complexity index is 1060. The average Bonchev–Trinajstić information content (AvgIpc) is 2.99. The Labute approximate surface area is 153 Å². The number of aryl methyl sites for hydroxylation is 1. The second-order valence-electron chi connectivity index (χ2n) is 5.58. The molecule has 0 aliphatic carbocycles. The predicted octanol–water partition coefficient (Wildman–Crippen LogP) is 4.36. The fraction of sp³-hybridized carbons (Fsp3) is 0.0556. The zero-order valence-electron chi connectivity index (χ0n) is 13.6. The van der Waals surface area contributed by atoms with E-state index >= 15 is 0 Å². The van der Waals surface area contributed by atoms with E-state index in [4.69, 9.17) is 0 Å². The van der Waals surface area contributed by atoms with E-state index in [1.807, 2.05) is 6.92 Å². The molecular weight excluding hydrogens is 377 g/mol. The van der Waals surface area contributed by atoms with Crippen molar-refractivity contribution in [3.63, 3.8) is 0 Å². The van der Waals surface area contributed by atoms with Gasteiger partial charge in [-0.15, -0.1) is 11.3 Å². The molecule has 134 valence electrons. The second kappa shape index (κ2) is 6.89. The van der Waals surface area contributed by atoms with Gasteiger partial charge in [-0.25, -0.2) is 17.6 Å². The standard InChI is InChI=1S/C18H14FNO4S2/c1-11-2-8-14(9-3-11)26(23,24)20-15-10-16(25-17(15)18(21)22)12-4-6-13(19)7-5-12/h2-10,20H,1H3,(H,21,22). The lowest BCUT2D eigenvalue weighted by atomic mass is 10.2. The third-order valence-corrected chi connectivity index (χ3v) is 6.18. The van der Waals surface area contributed by atoms with Gasteiger partial charge in [-0.1, -0.05) is 29.8 Å². The summed E-state index contributed by atoms with van der Waals surface area (Å²) in [7, 11) is -3.93. The van der Waals surface area contributed by atoms with Crippen molar-refractivity contribution in [1.29, 1.82) is 0 Å². The van der Waals surface area contributed by atoms with Crippen molar-refractivity contribution in [3.8, 4) is 10.4 Å². The average molecular weight is 391 g/mol. The van der Waals surface area contributed by atoms with Crippen LogP contribution in [0.1, 0.15) is 15.2 Å². The molecule has 1 heterocycles. The molecule has 0 amide bonds. The van der Waals surface area contributed by atoms with Gasteiger partial charge in [-0.05, 0) is 42.8 Å². The van der Waals surface area contributed by atoms with E-state index in [9.17, 15) is 22.7 Å². The molecule has 1 aromatic heterocycles. The smallest absolute Gasteiger partial charge is 0.348 e. The number of carbonyl (C=O) groups is 1. The molecule has 8 heteroatoms. The Morgan fingerprint density at radius 1 is 1.08 bits per heavy atom. The maximum Gasteiger partial charge on any atom is 0.348 e. The van der Waals surface area contributed by atoms with E-state index in [2.05, 4.69) is 4.72 Å². The van der Waals surface area contributed by atoms with Crippen LogP contribution in [0.5, 0.6) is 0 Å². The van der Waals surface area contributed by atoms with Crippen LogP contribution in [0, 0.1) is 12.7 Å². The molecule has 0 saturated heterocycles. The van der Waals surface area contributed by atoms with E-state index in [0.29, 0.717) is 10.4 Å². The van der Waals surface area contributed by atoms with Crippen LogP contribution in [-0.4, -0.2) is 19.5 Å². The number of aromatic carboxylic acids is 1. The van der Waals surface area contributed by atoms with Crippen LogP contribution in [0.2, 0.25) is 0 Å². The predicted molar refractivity (Wildman–Crippen MR) is 98.7 cm³/mol. The van der Waals surface area contributed by atoms with Crippen LogP contribution in [0.4, 0.5) is 10.1 Å². The first-order chi connectivity index (χ1) is 12.3. The number of hydrogen-bond acceptors (Lipinski definition) is 4. The molecule has 2 N–H and O–H groups in total. The number of rotatable bonds is 5. The van der Waals surface area contributed by atoms with Gasteiger partial charge >= 0.3 is 5.97 Å². The Balaban J connectivity index is 2.00. The largest absolute Gasteiger partial charge is 0.477 e. The number of halogens is 1. The minimum absolute atomic E-state index is 0.0256. The fourth-order valence-corrected chi connectivity index (χ4v) is 4.39. The molecule has 0 fully saturated rings. The van der Waals surface area contributed by atoms with Gasteiger partial charge in [0.15, 0.2) is 0 Å². The van der Waals surface area contributed by atoms with Gasteiger partial charge in [0.25, 0.3) is 10.0 Å². The number of sulfonamides is 1. The first-order valence-corrected chi connectivity index (χ1v) is 9.79. The third-order valence-electron chi connectivity index (χ3n) is 3.63. The van der Waals surface area contributed by atoms with Crippen LogP contribution in [0.3, 0.4) is 0 Å². The number of hydrogen-bond donors (Lipinski definition) is 2. The second-order valence-corrected chi connectivity index (χ2v) is 8.32. The summed E-state index contributed by atoms with van der Waals surface area (Å²) in [4.78, 5) is 11.9. The lowest BCUT2D eigenvalue weighted by molar-refractivity contribution is 0.0703. The minimum atomic E-state index is -3.93. The Kier molecular flexibility index (Phi) is 4.80. The summed E-state index contributed by atoms with van der Waals surface area (Å²) in [5.74, 6) is -1.66. The molecular formula is C18H14FNO4S2. The van der Waals surface area contributed by atoms with Crippen molar-refractivity contribution in [1.82, 2.24) is 0 Å². The summed E-state index contributed by atoms with van der Waals surface area (Å²) in [6, 6.07) is 13.2. The lowest BCUT2D eigenvalue weighted by Gasteiger charge is -2.07. The topological polar surface area (TPSA) is 83.5 Å². The summed E-state index contributed by atoms with van der Waals surface area (Å²) in [6.07, 6.45) is 0. The summed E-state index contributed by atoms with van der Waals surface area (Å²) < 4.78 is 40.5. The zero-order valence-corrected chi connectivity index (χ0v) is 15.2. The van der Waals surface area contributed by atoms with Gasteiger partial charge in [0.05, 0.1) is 10.6 Å². The molecule has 0 aliphatic heterocycles. The molecule has 2 aromatic carbocycles. The molecule has 3 rings (SSSR count). The fourth-order valence-electron chi connectivity index (χ4n) is 2.30. The van der Waals surface area contributed by atoms with Gasteiger partial charge in [0.2, 0.25) is 0 Å².